The highest BCUT2D eigenvalue weighted by atomic mass is 16.5. The van der Waals surface area contributed by atoms with Gasteiger partial charge in [0.15, 0.2) is 0 Å². The van der Waals surface area contributed by atoms with Crippen molar-refractivity contribution in [1.82, 2.24) is 15.1 Å². The lowest BCUT2D eigenvalue weighted by atomic mass is 10.3. The molecule has 0 heterocycles. The van der Waals surface area contributed by atoms with Crippen molar-refractivity contribution in [2.75, 3.05) is 46.9 Å². The van der Waals surface area contributed by atoms with Crippen LogP contribution in [0, 0.1) is 0 Å². The zero-order valence-corrected chi connectivity index (χ0v) is 12.1. The molecule has 5 heteroatoms. The minimum Gasteiger partial charge on any atom is -0.359 e. The van der Waals surface area contributed by atoms with E-state index in [1.807, 2.05) is 18.9 Å². The van der Waals surface area contributed by atoms with Crippen molar-refractivity contribution in [3.63, 3.8) is 0 Å². The van der Waals surface area contributed by atoms with Gasteiger partial charge in [0.05, 0.1) is 6.10 Å². The Bertz CT molecular complexity index is 180. The SMILES string of the molecule is CCNCCN(C)C[C@H](C)O[C@H](C)N(C)CN. The summed E-state index contributed by atoms with van der Waals surface area (Å²) in [5.41, 5.74) is 5.56. The molecule has 0 aromatic carbocycles. The average molecular weight is 246 g/mol. The first kappa shape index (κ1) is 16.8. The van der Waals surface area contributed by atoms with E-state index in [9.17, 15) is 0 Å². The van der Waals surface area contributed by atoms with E-state index in [0.717, 1.165) is 26.2 Å². The van der Waals surface area contributed by atoms with Gasteiger partial charge in [-0.2, -0.15) is 0 Å². The Morgan fingerprint density at radius 1 is 1.29 bits per heavy atom. The molecule has 0 aliphatic carbocycles. The first-order valence-corrected chi connectivity index (χ1v) is 6.46. The van der Waals surface area contributed by atoms with Crippen molar-refractivity contribution >= 4 is 0 Å². The molecule has 5 nitrogen and oxygen atoms in total. The van der Waals surface area contributed by atoms with Gasteiger partial charge >= 0.3 is 0 Å². The van der Waals surface area contributed by atoms with E-state index >= 15 is 0 Å². The van der Waals surface area contributed by atoms with Crippen molar-refractivity contribution in [3.05, 3.63) is 0 Å². The monoisotopic (exact) mass is 246 g/mol. The second-order valence-corrected chi connectivity index (χ2v) is 4.60. The van der Waals surface area contributed by atoms with Gasteiger partial charge in [-0.3, -0.25) is 4.90 Å². The number of likely N-dealkylation sites (N-methyl/N-ethyl adjacent to an activating group) is 2. The highest BCUT2D eigenvalue weighted by Gasteiger charge is 2.13. The molecule has 0 aliphatic heterocycles. The van der Waals surface area contributed by atoms with E-state index in [-0.39, 0.29) is 12.3 Å². The predicted octanol–water partition coefficient (Wildman–Crippen LogP) is 0.127. The Hall–Kier alpha value is -0.200. The Kier molecular flexibility index (Phi) is 9.68. The van der Waals surface area contributed by atoms with Crippen molar-refractivity contribution in [2.24, 2.45) is 5.73 Å². The van der Waals surface area contributed by atoms with Gasteiger partial charge in [-0.05, 0) is 34.5 Å². The summed E-state index contributed by atoms with van der Waals surface area (Å²) >= 11 is 0. The smallest absolute Gasteiger partial charge is 0.108 e. The maximum Gasteiger partial charge on any atom is 0.108 e. The zero-order chi connectivity index (χ0) is 13.3. The van der Waals surface area contributed by atoms with E-state index in [0.29, 0.717) is 6.67 Å². The summed E-state index contributed by atoms with van der Waals surface area (Å²) in [5, 5.41) is 3.31. The number of ether oxygens (including phenoxy) is 1. The number of rotatable bonds is 10. The van der Waals surface area contributed by atoms with Gasteiger partial charge in [0.25, 0.3) is 0 Å². The molecule has 0 amide bonds. The second kappa shape index (κ2) is 9.79. The maximum atomic E-state index is 5.86. The van der Waals surface area contributed by atoms with Gasteiger partial charge in [-0.25, -0.2) is 0 Å². The summed E-state index contributed by atoms with van der Waals surface area (Å²) in [7, 11) is 4.08. The average Bonchev–Trinajstić information content (AvgIpc) is 2.27. The van der Waals surface area contributed by atoms with Crippen LogP contribution in [0.15, 0.2) is 0 Å². The summed E-state index contributed by atoms with van der Waals surface area (Å²) in [4.78, 5) is 4.26. The molecule has 0 fully saturated rings. The molecule has 0 rings (SSSR count). The number of nitrogens with two attached hydrogens (primary N) is 1. The summed E-state index contributed by atoms with van der Waals surface area (Å²) in [5.74, 6) is 0. The maximum absolute atomic E-state index is 5.86. The molecule has 0 radical (unpaired) electrons. The molecule has 0 aromatic rings. The molecule has 0 unspecified atom stereocenters. The molecule has 104 valence electrons. The molecule has 3 N–H and O–H groups in total. The first-order valence-electron chi connectivity index (χ1n) is 6.46. The summed E-state index contributed by atoms with van der Waals surface area (Å²) < 4.78 is 5.86. The van der Waals surface area contributed by atoms with Crippen molar-refractivity contribution in [3.8, 4) is 0 Å². The summed E-state index contributed by atoms with van der Waals surface area (Å²) in [6, 6.07) is 0. The van der Waals surface area contributed by atoms with Crippen LogP contribution < -0.4 is 11.1 Å². The van der Waals surface area contributed by atoms with Gasteiger partial charge in [0.2, 0.25) is 0 Å². The van der Waals surface area contributed by atoms with Gasteiger partial charge < -0.3 is 20.7 Å². The van der Waals surface area contributed by atoms with E-state index in [2.05, 4.69) is 31.1 Å². The molecule has 0 saturated heterocycles. The Labute approximate surface area is 106 Å². The minimum atomic E-state index is 0.0668. The molecule has 0 spiro atoms. The molecule has 0 aliphatic rings. The van der Waals surface area contributed by atoms with Gasteiger partial charge in [0, 0.05) is 26.3 Å². The highest BCUT2D eigenvalue weighted by Crippen LogP contribution is 2.02. The Morgan fingerprint density at radius 2 is 1.94 bits per heavy atom. The fourth-order valence-corrected chi connectivity index (χ4v) is 1.61. The minimum absolute atomic E-state index is 0.0668. The topological polar surface area (TPSA) is 53.8 Å². The second-order valence-electron chi connectivity index (χ2n) is 4.60. The third kappa shape index (κ3) is 8.51. The quantitative estimate of drug-likeness (QED) is 0.424. The third-order valence-electron chi connectivity index (χ3n) is 2.83. The number of hydrogen-bond acceptors (Lipinski definition) is 5. The van der Waals surface area contributed by atoms with Crippen LogP contribution in [0.3, 0.4) is 0 Å². The molecular formula is C12H30N4O. The van der Waals surface area contributed by atoms with Crippen molar-refractivity contribution < 1.29 is 4.74 Å². The standard InChI is InChI=1S/C12H30N4O/c1-6-14-7-8-15(4)9-11(2)17-12(3)16(5)10-13/h11-12,14H,6-10,13H2,1-5H3/t11-,12+/m0/s1. The van der Waals surface area contributed by atoms with Gasteiger partial charge in [0.1, 0.15) is 6.23 Å². The number of nitrogens with zero attached hydrogens (tertiary/aromatic N) is 2. The van der Waals surface area contributed by atoms with E-state index in [1.54, 1.807) is 0 Å². The normalized spacial score (nSPS) is 15.5. The van der Waals surface area contributed by atoms with Crippen LogP contribution in [0.1, 0.15) is 20.8 Å². The summed E-state index contributed by atoms with van der Waals surface area (Å²) in [6.45, 7) is 10.8. The van der Waals surface area contributed by atoms with Gasteiger partial charge in [-0.15, -0.1) is 0 Å². The Morgan fingerprint density at radius 3 is 2.47 bits per heavy atom. The van der Waals surface area contributed by atoms with E-state index in [4.69, 9.17) is 10.5 Å². The van der Waals surface area contributed by atoms with Crippen LogP contribution in [0.2, 0.25) is 0 Å². The zero-order valence-electron chi connectivity index (χ0n) is 12.1. The lowest BCUT2D eigenvalue weighted by Crippen LogP contribution is -2.41. The van der Waals surface area contributed by atoms with Gasteiger partial charge in [-0.1, -0.05) is 6.92 Å². The van der Waals surface area contributed by atoms with E-state index < -0.39 is 0 Å². The number of hydrogen-bond donors (Lipinski definition) is 2. The largest absolute Gasteiger partial charge is 0.359 e. The van der Waals surface area contributed by atoms with Crippen LogP contribution in [-0.2, 0) is 4.74 Å². The molecule has 0 aromatic heterocycles. The third-order valence-corrected chi connectivity index (χ3v) is 2.83. The van der Waals surface area contributed by atoms with Crippen molar-refractivity contribution in [1.29, 1.82) is 0 Å². The van der Waals surface area contributed by atoms with Crippen LogP contribution in [-0.4, -0.2) is 69.1 Å². The fourth-order valence-electron chi connectivity index (χ4n) is 1.61. The first-order chi connectivity index (χ1) is 8.01. The fraction of sp³-hybridized carbons (Fsp3) is 1.00. The molecule has 0 bridgehead atoms. The predicted molar refractivity (Wildman–Crippen MR) is 72.9 cm³/mol. The van der Waals surface area contributed by atoms with E-state index in [1.165, 1.54) is 0 Å². The van der Waals surface area contributed by atoms with Crippen LogP contribution in [0.4, 0.5) is 0 Å². The molecule has 17 heavy (non-hydrogen) atoms. The molecular weight excluding hydrogens is 216 g/mol. The highest BCUT2D eigenvalue weighted by molar-refractivity contribution is 4.61. The number of nitrogens with one attached hydrogen (secondary N) is 1. The lowest BCUT2D eigenvalue weighted by Gasteiger charge is -2.28. The summed E-state index contributed by atoms with van der Waals surface area (Å²) in [6.07, 6.45) is 0.280. The van der Waals surface area contributed by atoms with Crippen LogP contribution in [0.25, 0.3) is 0 Å². The Balaban J connectivity index is 3.72. The van der Waals surface area contributed by atoms with Crippen LogP contribution >= 0.6 is 0 Å². The van der Waals surface area contributed by atoms with Crippen molar-refractivity contribution in [2.45, 2.75) is 33.1 Å². The molecule has 2 atom stereocenters. The lowest BCUT2D eigenvalue weighted by molar-refractivity contribution is -0.0791. The van der Waals surface area contributed by atoms with Crippen LogP contribution in [0.5, 0.6) is 0 Å². The molecule has 0 saturated carbocycles.